The van der Waals surface area contributed by atoms with E-state index in [4.69, 9.17) is 0 Å². The van der Waals surface area contributed by atoms with Crippen LogP contribution in [0.1, 0.15) is 46.0 Å². The topological polar surface area (TPSA) is 20.2 Å². The lowest BCUT2D eigenvalue weighted by Gasteiger charge is -2.30. The van der Waals surface area contributed by atoms with Gasteiger partial charge in [-0.05, 0) is 25.2 Å². The number of hydrogen-bond acceptors (Lipinski definition) is 1. The van der Waals surface area contributed by atoms with Crippen LogP contribution in [0.4, 0.5) is 0 Å². The summed E-state index contributed by atoms with van der Waals surface area (Å²) in [6, 6.07) is 0. The summed E-state index contributed by atoms with van der Waals surface area (Å²) in [7, 11) is 0. The molecular weight excluding hydrogens is 136 g/mol. The second-order valence-corrected chi connectivity index (χ2v) is 3.94. The van der Waals surface area contributed by atoms with Crippen LogP contribution >= 0.6 is 0 Å². The third-order valence-electron chi connectivity index (χ3n) is 3.07. The smallest absolute Gasteiger partial charge is 0.0540 e. The molecule has 2 unspecified atom stereocenters. The molecule has 1 fully saturated rings. The van der Waals surface area contributed by atoms with Crippen molar-refractivity contribution in [1.29, 1.82) is 0 Å². The molecule has 2 atom stereocenters. The normalized spacial score (nSPS) is 24.3. The van der Waals surface area contributed by atoms with Crippen molar-refractivity contribution in [2.24, 2.45) is 11.8 Å². The molecule has 0 aromatic heterocycles. The maximum absolute atomic E-state index is 9.38. The molecule has 1 aliphatic rings. The summed E-state index contributed by atoms with van der Waals surface area (Å²) in [4.78, 5) is 0. The highest BCUT2D eigenvalue weighted by molar-refractivity contribution is 4.75. The quantitative estimate of drug-likeness (QED) is 0.663. The van der Waals surface area contributed by atoms with Crippen molar-refractivity contribution < 1.29 is 5.11 Å². The van der Waals surface area contributed by atoms with Crippen molar-refractivity contribution in [3.63, 3.8) is 0 Å². The highest BCUT2D eigenvalue weighted by Crippen LogP contribution is 2.33. The fourth-order valence-electron chi connectivity index (χ4n) is 1.86. The van der Waals surface area contributed by atoms with Crippen molar-refractivity contribution in [1.82, 2.24) is 0 Å². The molecule has 66 valence electrons. The molecule has 0 amide bonds. The Morgan fingerprint density at radius 2 is 2.09 bits per heavy atom. The SMILES string of the molecule is CCC(CC1CCC1)C(C)O. The maximum atomic E-state index is 9.38. The van der Waals surface area contributed by atoms with E-state index >= 15 is 0 Å². The van der Waals surface area contributed by atoms with Crippen LogP contribution in [-0.2, 0) is 0 Å². The van der Waals surface area contributed by atoms with Gasteiger partial charge in [0.15, 0.2) is 0 Å². The first-order valence-electron chi connectivity index (χ1n) is 4.92. The summed E-state index contributed by atoms with van der Waals surface area (Å²) in [5, 5.41) is 9.38. The Kier molecular flexibility index (Phi) is 3.38. The lowest BCUT2D eigenvalue weighted by molar-refractivity contribution is 0.0929. The minimum absolute atomic E-state index is 0.0967. The van der Waals surface area contributed by atoms with E-state index in [-0.39, 0.29) is 6.10 Å². The van der Waals surface area contributed by atoms with Crippen LogP contribution in [0.2, 0.25) is 0 Å². The lowest BCUT2D eigenvalue weighted by Crippen LogP contribution is -2.22. The van der Waals surface area contributed by atoms with Crippen molar-refractivity contribution in [3.8, 4) is 0 Å². The number of hydrogen-bond donors (Lipinski definition) is 1. The second-order valence-electron chi connectivity index (χ2n) is 3.94. The Hall–Kier alpha value is -0.0400. The molecule has 1 saturated carbocycles. The highest BCUT2D eigenvalue weighted by atomic mass is 16.3. The minimum atomic E-state index is -0.0967. The molecule has 11 heavy (non-hydrogen) atoms. The molecule has 1 nitrogen and oxygen atoms in total. The Morgan fingerprint density at radius 1 is 1.45 bits per heavy atom. The van der Waals surface area contributed by atoms with Crippen molar-refractivity contribution in [2.75, 3.05) is 0 Å². The van der Waals surface area contributed by atoms with Gasteiger partial charge < -0.3 is 5.11 Å². The average molecular weight is 156 g/mol. The molecule has 1 N–H and O–H groups in total. The molecule has 1 heteroatoms. The summed E-state index contributed by atoms with van der Waals surface area (Å²) in [6.45, 7) is 4.10. The predicted octanol–water partition coefficient (Wildman–Crippen LogP) is 2.58. The molecule has 1 rings (SSSR count). The predicted molar refractivity (Wildman–Crippen MR) is 47.4 cm³/mol. The lowest BCUT2D eigenvalue weighted by atomic mass is 9.77. The average Bonchev–Trinajstić information content (AvgIpc) is 1.85. The van der Waals surface area contributed by atoms with Crippen molar-refractivity contribution in [2.45, 2.75) is 52.1 Å². The molecule has 0 bridgehead atoms. The van der Waals surface area contributed by atoms with E-state index < -0.39 is 0 Å². The Labute approximate surface area is 69.8 Å². The summed E-state index contributed by atoms with van der Waals surface area (Å²) < 4.78 is 0. The standard InChI is InChI=1S/C10H20O/c1-3-10(8(2)11)7-9-5-4-6-9/h8-11H,3-7H2,1-2H3. The molecule has 0 aromatic rings. The first kappa shape index (κ1) is 9.05. The van der Waals surface area contributed by atoms with Gasteiger partial charge in [0.05, 0.1) is 6.10 Å². The zero-order chi connectivity index (χ0) is 8.27. The fraction of sp³-hybridized carbons (Fsp3) is 1.00. The number of aliphatic hydroxyl groups excluding tert-OH is 1. The van der Waals surface area contributed by atoms with Gasteiger partial charge in [-0.2, -0.15) is 0 Å². The van der Waals surface area contributed by atoms with Crippen LogP contribution in [0.5, 0.6) is 0 Å². The van der Waals surface area contributed by atoms with Gasteiger partial charge in [-0.25, -0.2) is 0 Å². The van der Waals surface area contributed by atoms with E-state index in [9.17, 15) is 5.11 Å². The third-order valence-corrected chi connectivity index (χ3v) is 3.07. The van der Waals surface area contributed by atoms with Gasteiger partial charge in [-0.3, -0.25) is 0 Å². The van der Waals surface area contributed by atoms with E-state index in [1.54, 1.807) is 0 Å². The summed E-state index contributed by atoms with van der Waals surface area (Å²) in [5.74, 6) is 1.50. The van der Waals surface area contributed by atoms with Crippen molar-refractivity contribution >= 4 is 0 Å². The highest BCUT2D eigenvalue weighted by Gasteiger charge is 2.23. The first-order valence-corrected chi connectivity index (χ1v) is 4.92. The molecule has 0 saturated heterocycles. The molecule has 0 spiro atoms. The summed E-state index contributed by atoms with van der Waals surface area (Å²) in [6.07, 6.45) is 6.52. The van der Waals surface area contributed by atoms with E-state index in [0.29, 0.717) is 5.92 Å². The molecule has 0 aliphatic heterocycles. The van der Waals surface area contributed by atoms with Crippen LogP contribution in [0.3, 0.4) is 0 Å². The van der Waals surface area contributed by atoms with E-state index in [0.717, 1.165) is 12.3 Å². The Balaban J connectivity index is 2.19. The summed E-state index contributed by atoms with van der Waals surface area (Å²) in [5.41, 5.74) is 0. The van der Waals surface area contributed by atoms with Gasteiger partial charge in [-0.1, -0.05) is 32.6 Å². The maximum Gasteiger partial charge on any atom is 0.0540 e. The van der Waals surface area contributed by atoms with Crippen LogP contribution < -0.4 is 0 Å². The molecule has 0 heterocycles. The minimum Gasteiger partial charge on any atom is -0.393 e. The molecular formula is C10H20O. The second kappa shape index (κ2) is 4.10. The largest absolute Gasteiger partial charge is 0.393 e. The molecule has 0 radical (unpaired) electrons. The van der Waals surface area contributed by atoms with Gasteiger partial charge in [0.2, 0.25) is 0 Å². The van der Waals surface area contributed by atoms with Gasteiger partial charge in [-0.15, -0.1) is 0 Å². The fourth-order valence-corrected chi connectivity index (χ4v) is 1.86. The van der Waals surface area contributed by atoms with Crippen LogP contribution in [0.15, 0.2) is 0 Å². The van der Waals surface area contributed by atoms with E-state index in [1.165, 1.54) is 25.7 Å². The summed E-state index contributed by atoms with van der Waals surface area (Å²) >= 11 is 0. The van der Waals surface area contributed by atoms with Crippen LogP contribution in [0.25, 0.3) is 0 Å². The molecule has 0 aromatic carbocycles. The van der Waals surface area contributed by atoms with E-state index in [1.807, 2.05) is 6.92 Å². The third kappa shape index (κ3) is 2.48. The van der Waals surface area contributed by atoms with Gasteiger partial charge in [0, 0.05) is 0 Å². The van der Waals surface area contributed by atoms with Gasteiger partial charge in [0.1, 0.15) is 0 Å². The zero-order valence-corrected chi connectivity index (χ0v) is 7.71. The number of aliphatic hydroxyl groups is 1. The number of rotatable bonds is 4. The Bertz CT molecular complexity index is 105. The van der Waals surface area contributed by atoms with Gasteiger partial charge in [0.25, 0.3) is 0 Å². The first-order chi connectivity index (χ1) is 5.24. The molecule has 1 aliphatic carbocycles. The van der Waals surface area contributed by atoms with Crippen LogP contribution in [-0.4, -0.2) is 11.2 Å². The van der Waals surface area contributed by atoms with Gasteiger partial charge >= 0.3 is 0 Å². The Morgan fingerprint density at radius 3 is 2.36 bits per heavy atom. The van der Waals surface area contributed by atoms with Crippen LogP contribution in [0, 0.1) is 11.8 Å². The van der Waals surface area contributed by atoms with E-state index in [2.05, 4.69) is 6.92 Å². The monoisotopic (exact) mass is 156 g/mol. The van der Waals surface area contributed by atoms with Crippen molar-refractivity contribution in [3.05, 3.63) is 0 Å². The zero-order valence-electron chi connectivity index (χ0n) is 7.71.